The van der Waals surface area contributed by atoms with Gasteiger partial charge in [-0.1, -0.05) is 6.07 Å². The topological polar surface area (TPSA) is 81.3 Å². The van der Waals surface area contributed by atoms with Crippen LogP contribution < -0.4 is 9.47 Å². The molecule has 0 aliphatic carbocycles. The predicted molar refractivity (Wildman–Crippen MR) is 109 cm³/mol. The Morgan fingerprint density at radius 1 is 1.18 bits per heavy atom. The lowest BCUT2D eigenvalue weighted by atomic mass is 10.2. The number of nitrogens with zero attached hydrogens (tertiary/aromatic N) is 1. The molecule has 1 aromatic heterocycles. The molecule has 0 fully saturated rings. The molecule has 0 atom stereocenters. The molecule has 0 spiro atoms. The molecule has 6 nitrogen and oxygen atoms in total. The zero-order chi connectivity index (χ0) is 20.1. The van der Waals surface area contributed by atoms with E-state index in [1.54, 1.807) is 25.5 Å². The Morgan fingerprint density at radius 3 is 2.68 bits per heavy atom. The third-order valence-corrected chi connectivity index (χ3v) is 4.52. The third kappa shape index (κ3) is 4.80. The maximum absolute atomic E-state index is 10.9. The van der Waals surface area contributed by atoms with Gasteiger partial charge in [0.15, 0.2) is 11.5 Å². The molecule has 0 saturated carbocycles. The van der Waals surface area contributed by atoms with E-state index in [0.29, 0.717) is 17.3 Å². The number of aryl methyl sites for hydroxylation is 1. The highest BCUT2D eigenvalue weighted by atomic mass is 79.9. The molecule has 1 N–H and O–H groups in total. The number of rotatable bonds is 7. The highest BCUT2D eigenvalue weighted by molar-refractivity contribution is 9.10. The van der Waals surface area contributed by atoms with Gasteiger partial charge in [0.2, 0.25) is 5.76 Å². The van der Waals surface area contributed by atoms with Crippen LogP contribution in [-0.2, 0) is 6.61 Å². The summed E-state index contributed by atoms with van der Waals surface area (Å²) in [5.74, 6) is 0.225. The Morgan fingerprint density at radius 2 is 2.00 bits per heavy atom. The summed E-state index contributed by atoms with van der Waals surface area (Å²) in [6.07, 6.45) is 1.74. The fourth-order valence-electron chi connectivity index (χ4n) is 2.46. The maximum Gasteiger partial charge on any atom is 0.371 e. The molecule has 0 bridgehead atoms. The van der Waals surface area contributed by atoms with E-state index in [1.807, 2.05) is 37.3 Å². The van der Waals surface area contributed by atoms with Gasteiger partial charge in [-0.05, 0) is 76.4 Å². The van der Waals surface area contributed by atoms with Crippen molar-refractivity contribution >= 4 is 33.8 Å². The van der Waals surface area contributed by atoms with Gasteiger partial charge in [0.1, 0.15) is 12.4 Å². The summed E-state index contributed by atoms with van der Waals surface area (Å²) in [6, 6.07) is 14.3. The second-order valence-electron chi connectivity index (χ2n) is 5.98. The van der Waals surface area contributed by atoms with Crippen LogP contribution in [0.3, 0.4) is 0 Å². The summed E-state index contributed by atoms with van der Waals surface area (Å²) in [7, 11) is 1.55. The van der Waals surface area contributed by atoms with Crippen LogP contribution in [0.5, 0.6) is 11.5 Å². The lowest BCUT2D eigenvalue weighted by molar-refractivity contribution is 0.0658. The zero-order valence-corrected chi connectivity index (χ0v) is 16.9. The number of hydrogen-bond donors (Lipinski definition) is 1. The van der Waals surface area contributed by atoms with Gasteiger partial charge in [0, 0.05) is 10.7 Å². The highest BCUT2D eigenvalue weighted by Gasteiger charge is 2.11. The first kappa shape index (κ1) is 19.7. The number of aliphatic imine (C=N–C) groups is 1. The first-order chi connectivity index (χ1) is 13.5. The number of benzene rings is 2. The third-order valence-electron chi connectivity index (χ3n) is 3.89. The van der Waals surface area contributed by atoms with Crippen molar-refractivity contribution in [2.75, 3.05) is 7.11 Å². The van der Waals surface area contributed by atoms with Crippen LogP contribution in [0.15, 0.2) is 62.4 Å². The van der Waals surface area contributed by atoms with E-state index in [2.05, 4.69) is 20.9 Å². The summed E-state index contributed by atoms with van der Waals surface area (Å²) < 4.78 is 17.2. The fourth-order valence-corrected chi connectivity index (χ4v) is 3.06. The number of halogens is 1. The normalized spacial score (nSPS) is 11.0. The van der Waals surface area contributed by atoms with Gasteiger partial charge >= 0.3 is 5.97 Å². The van der Waals surface area contributed by atoms with Crippen LogP contribution in [0.1, 0.15) is 27.4 Å². The van der Waals surface area contributed by atoms with E-state index in [-0.39, 0.29) is 12.4 Å². The highest BCUT2D eigenvalue weighted by Crippen LogP contribution is 2.30. The Kier molecular flexibility index (Phi) is 6.16. The second kappa shape index (κ2) is 8.75. The van der Waals surface area contributed by atoms with Crippen LogP contribution in [0.25, 0.3) is 0 Å². The van der Waals surface area contributed by atoms with Crippen LogP contribution in [0.2, 0.25) is 0 Å². The van der Waals surface area contributed by atoms with E-state index in [4.69, 9.17) is 19.0 Å². The quantitative estimate of drug-likeness (QED) is 0.495. The Labute approximate surface area is 170 Å². The minimum Gasteiger partial charge on any atom is -0.493 e. The number of carbonyl (C=O) groups is 1. The summed E-state index contributed by atoms with van der Waals surface area (Å²) in [6.45, 7) is 2.11. The van der Waals surface area contributed by atoms with E-state index < -0.39 is 5.97 Å². The number of furan rings is 1. The number of carboxylic acid groups (broad SMARTS) is 1. The number of aromatic carboxylic acids is 1. The monoisotopic (exact) mass is 443 g/mol. The minimum absolute atomic E-state index is 0.0907. The van der Waals surface area contributed by atoms with Crippen molar-refractivity contribution in [3.63, 3.8) is 0 Å². The molecule has 144 valence electrons. The lowest BCUT2D eigenvalue weighted by Crippen LogP contribution is -1.98. The minimum atomic E-state index is -1.12. The molecule has 1 heterocycles. The van der Waals surface area contributed by atoms with Gasteiger partial charge in [0.25, 0.3) is 0 Å². The fraction of sp³-hybridized carbons (Fsp3) is 0.143. The standard InChI is InChI=1S/C21H18BrNO5/c1-13-3-6-17(16(22)9-13)23-11-14-4-7-18(20(10-14)26-2)27-12-15-5-8-19(28-15)21(24)25/h3-11H,12H2,1-2H3,(H,24,25). The Hall–Kier alpha value is -3.06. The summed E-state index contributed by atoms with van der Waals surface area (Å²) in [5.41, 5.74) is 2.83. The van der Waals surface area contributed by atoms with Crippen LogP contribution in [-0.4, -0.2) is 24.4 Å². The summed E-state index contributed by atoms with van der Waals surface area (Å²) in [5, 5.41) is 8.89. The lowest BCUT2D eigenvalue weighted by Gasteiger charge is -2.10. The van der Waals surface area contributed by atoms with Crippen molar-refractivity contribution in [1.82, 2.24) is 0 Å². The van der Waals surface area contributed by atoms with Gasteiger partial charge in [-0.3, -0.25) is 4.99 Å². The van der Waals surface area contributed by atoms with Gasteiger partial charge in [-0.2, -0.15) is 0 Å². The molecule has 0 aliphatic heterocycles. The number of carboxylic acids is 1. The van der Waals surface area contributed by atoms with Gasteiger partial charge in [0.05, 0.1) is 12.8 Å². The van der Waals surface area contributed by atoms with Crippen LogP contribution in [0, 0.1) is 6.92 Å². The van der Waals surface area contributed by atoms with Crippen LogP contribution in [0.4, 0.5) is 5.69 Å². The largest absolute Gasteiger partial charge is 0.493 e. The molecule has 3 rings (SSSR count). The second-order valence-corrected chi connectivity index (χ2v) is 6.84. The average molecular weight is 444 g/mol. The van der Waals surface area contributed by atoms with E-state index in [1.165, 1.54) is 6.07 Å². The number of hydrogen-bond acceptors (Lipinski definition) is 5. The molecule has 0 saturated heterocycles. The van der Waals surface area contributed by atoms with Gasteiger partial charge < -0.3 is 19.0 Å². The molecule has 28 heavy (non-hydrogen) atoms. The molecule has 0 unspecified atom stereocenters. The molecule has 0 aliphatic rings. The summed E-state index contributed by atoms with van der Waals surface area (Å²) >= 11 is 3.51. The Balaban J connectivity index is 1.72. The van der Waals surface area contributed by atoms with Gasteiger partial charge in [-0.15, -0.1) is 0 Å². The molecule has 7 heteroatoms. The predicted octanol–water partition coefficient (Wildman–Crippen LogP) is 5.39. The first-order valence-electron chi connectivity index (χ1n) is 8.39. The van der Waals surface area contributed by atoms with E-state index in [0.717, 1.165) is 21.3 Å². The number of methoxy groups -OCH3 is 1. The number of ether oxygens (including phenoxy) is 2. The maximum atomic E-state index is 10.9. The SMILES string of the molecule is COc1cc(C=Nc2ccc(C)cc2Br)ccc1OCc1ccc(C(=O)O)o1. The van der Waals surface area contributed by atoms with Gasteiger partial charge in [-0.25, -0.2) is 4.79 Å². The zero-order valence-electron chi connectivity index (χ0n) is 15.3. The molecule has 3 aromatic rings. The van der Waals surface area contributed by atoms with Crippen molar-refractivity contribution in [2.24, 2.45) is 4.99 Å². The smallest absolute Gasteiger partial charge is 0.371 e. The average Bonchev–Trinajstić information content (AvgIpc) is 3.15. The molecular formula is C21H18BrNO5. The molecule has 2 aromatic carbocycles. The van der Waals surface area contributed by atoms with E-state index >= 15 is 0 Å². The van der Waals surface area contributed by atoms with E-state index in [9.17, 15) is 4.79 Å². The Bertz CT molecular complexity index is 1030. The summed E-state index contributed by atoms with van der Waals surface area (Å²) in [4.78, 5) is 15.4. The molecular weight excluding hydrogens is 426 g/mol. The first-order valence-corrected chi connectivity index (χ1v) is 9.18. The van der Waals surface area contributed by atoms with Crippen molar-refractivity contribution in [3.05, 3.63) is 75.7 Å². The molecule has 0 radical (unpaired) electrons. The van der Waals surface area contributed by atoms with Crippen molar-refractivity contribution < 1.29 is 23.8 Å². The van der Waals surface area contributed by atoms with Crippen LogP contribution >= 0.6 is 15.9 Å². The van der Waals surface area contributed by atoms with Crippen molar-refractivity contribution in [2.45, 2.75) is 13.5 Å². The van der Waals surface area contributed by atoms with Crippen molar-refractivity contribution in [3.8, 4) is 11.5 Å². The van der Waals surface area contributed by atoms with Crippen molar-refractivity contribution in [1.29, 1.82) is 0 Å². The molecule has 0 amide bonds.